The zero-order valence-corrected chi connectivity index (χ0v) is 30.1. The van der Waals surface area contributed by atoms with Crippen LogP contribution in [0, 0.1) is 0 Å². The number of nitrogens with zero attached hydrogens (tertiary/aromatic N) is 6. The topological polar surface area (TPSA) is 74.3 Å². The first-order chi connectivity index (χ1) is 22.7. The fraction of sp³-hybridized carbons (Fsp3) is 0.605. The van der Waals surface area contributed by atoms with Gasteiger partial charge in [0, 0.05) is 56.6 Å². The number of hydrogen-bond donors (Lipinski definition) is 0. The van der Waals surface area contributed by atoms with Crippen LogP contribution >= 0.6 is 0 Å². The number of amides is 1. The Morgan fingerprint density at radius 1 is 1.02 bits per heavy atom. The third kappa shape index (κ3) is 9.28. The molecule has 0 spiro atoms. The molecule has 1 saturated heterocycles. The lowest BCUT2D eigenvalue weighted by molar-refractivity contribution is -0.126. The molecule has 9 heteroatoms. The van der Waals surface area contributed by atoms with Crippen molar-refractivity contribution in [3.63, 3.8) is 0 Å². The van der Waals surface area contributed by atoms with Gasteiger partial charge in [0.25, 0.3) is 0 Å². The third-order valence-electron chi connectivity index (χ3n) is 9.31. The van der Waals surface area contributed by atoms with Crippen molar-refractivity contribution in [1.29, 1.82) is 0 Å². The summed E-state index contributed by atoms with van der Waals surface area (Å²) in [6.45, 7) is 25.1. The van der Waals surface area contributed by atoms with E-state index < -0.39 is 0 Å². The number of hydrogen-bond acceptors (Lipinski definition) is 8. The average molecular weight is 647 g/mol. The Kier molecular flexibility index (Phi) is 13.5. The van der Waals surface area contributed by atoms with Gasteiger partial charge in [-0.3, -0.25) is 4.79 Å². The number of anilines is 2. The molecule has 0 saturated carbocycles. The van der Waals surface area contributed by atoms with Crippen molar-refractivity contribution in [3.05, 3.63) is 52.7 Å². The highest BCUT2D eigenvalue weighted by Crippen LogP contribution is 2.40. The summed E-state index contributed by atoms with van der Waals surface area (Å²) < 4.78 is 12.1. The van der Waals surface area contributed by atoms with E-state index in [2.05, 4.69) is 81.0 Å². The second-order valence-corrected chi connectivity index (χ2v) is 13.2. The molecule has 1 fully saturated rings. The Balaban J connectivity index is 1.66. The van der Waals surface area contributed by atoms with Crippen molar-refractivity contribution in [2.45, 2.75) is 86.1 Å². The number of benzene rings is 1. The SMILES string of the molecule is C=CC(=O)N1CCN(c2nc(OCCCN(CCC)CCC)nc3c2CCN(c2cc(OC)cc(C=C(C)C)c2C(C)CC)C3)CC1. The molecule has 3 heterocycles. The summed E-state index contributed by atoms with van der Waals surface area (Å²) in [4.78, 5) is 31.5. The molecule has 258 valence electrons. The van der Waals surface area contributed by atoms with Gasteiger partial charge in [-0.15, -0.1) is 0 Å². The summed E-state index contributed by atoms with van der Waals surface area (Å²) in [5.41, 5.74) is 7.25. The van der Waals surface area contributed by atoms with E-state index in [0.29, 0.717) is 38.2 Å². The van der Waals surface area contributed by atoms with Crippen molar-refractivity contribution in [3.8, 4) is 11.8 Å². The summed E-state index contributed by atoms with van der Waals surface area (Å²) in [5, 5.41) is 0. The maximum absolute atomic E-state index is 12.3. The van der Waals surface area contributed by atoms with Crippen LogP contribution < -0.4 is 19.3 Å². The highest BCUT2D eigenvalue weighted by Gasteiger charge is 2.30. The molecule has 9 nitrogen and oxygen atoms in total. The first kappa shape index (κ1) is 36.2. The molecule has 1 amide bonds. The maximum Gasteiger partial charge on any atom is 0.318 e. The minimum atomic E-state index is -0.0166. The van der Waals surface area contributed by atoms with Gasteiger partial charge >= 0.3 is 6.01 Å². The summed E-state index contributed by atoms with van der Waals surface area (Å²) in [7, 11) is 1.75. The van der Waals surface area contributed by atoms with Gasteiger partial charge in [-0.2, -0.15) is 9.97 Å². The van der Waals surface area contributed by atoms with Crippen molar-refractivity contribution >= 4 is 23.5 Å². The predicted octanol–water partition coefficient (Wildman–Crippen LogP) is 6.71. The zero-order valence-electron chi connectivity index (χ0n) is 30.1. The van der Waals surface area contributed by atoms with Crippen LogP contribution in [0.3, 0.4) is 0 Å². The van der Waals surface area contributed by atoms with Crippen LogP contribution in [-0.2, 0) is 17.8 Å². The number of piperazine rings is 1. The summed E-state index contributed by atoms with van der Waals surface area (Å²) in [6.07, 6.45) is 8.79. The van der Waals surface area contributed by atoms with E-state index in [1.165, 1.54) is 34.0 Å². The molecule has 0 N–H and O–H groups in total. The van der Waals surface area contributed by atoms with E-state index in [4.69, 9.17) is 19.4 Å². The van der Waals surface area contributed by atoms with Gasteiger partial charge in [-0.25, -0.2) is 0 Å². The Morgan fingerprint density at radius 2 is 1.74 bits per heavy atom. The summed E-state index contributed by atoms with van der Waals surface area (Å²) in [6, 6.07) is 4.81. The molecule has 1 aromatic heterocycles. The normalized spacial score (nSPS) is 15.4. The smallest absolute Gasteiger partial charge is 0.318 e. The molecular formula is C38H58N6O3. The number of rotatable bonds is 16. The second-order valence-electron chi connectivity index (χ2n) is 13.2. The largest absolute Gasteiger partial charge is 0.497 e. The van der Waals surface area contributed by atoms with Crippen molar-refractivity contribution in [2.75, 3.05) is 75.9 Å². The zero-order chi connectivity index (χ0) is 33.9. The lowest BCUT2D eigenvalue weighted by Gasteiger charge is -2.38. The molecule has 2 aliphatic heterocycles. The molecule has 1 unspecified atom stereocenters. The first-order valence-electron chi connectivity index (χ1n) is 17.8. The van der Waals surface area contributed by atoms with Gasteiger partial charge in [0.15, 0.2) is 0 Å². The molecule has 0 bridgehead atoms. The van der Waals surface area contributed by atoms with E-state index >= 15 is 0 Å². The number of aromatic nitrogens is 2. The Labute approximate surface area is 283 Å². The molecule has 2 aliphatic rings. The van der Waals surface area contributed by atoms with Crippen LogP contribution in [0.5, 0.6) is 11.8 Å². The van der Waals surface area contributed by atoms with Gasteiger partial charge in [0.05, 0.1) is 26.0 Å². The lowest BCUT2D eigenvalue weighted by Crippen LogP contribution is -2.49. The summed E-state index contributed by atoms with van der Waals surface area (Å²) in [5.74, 6) is 2.19. The quantitative estimate of drug-likeness (QED) is 0.147. The maximum atomic E-state index is 12.3. The number of carbonyl (C=O) groups is 1. The molecule has 2 aromatic rings. The third-order valence-corrected chi connectivity index (χ3v) is 9.31. The Bertz CT molecular complexity index is 1370. The minimum Gasteiger partial charge on any atom is -0.497 e. The molecule has 0 aliphatic carbocycles. The molecule has 1 atom stereocenters. The van der Waals surface area contributed by atoms with E-state index in [0.717, 1.165) is 88.6 Å². The van der Waals surface area contributed by atoms with Gasteiger partial charge in [-0.1, -0.05) is 45.9 Å². The predicted molar refractivity (Wildman–Crippen MR) is 194 cm³/mol. The number of fused-ring (bicyclic) bond motifs is 1. The second kappa shape index (κ2) is 17.5. The summed E-state index contributed by atoms with van der Waals surface area (Å²) >= 11 is 0. The van der Waals surface area contributed by atoms with Crippen LogP contribution in [0.25, 0.3) is 6.08 Å². The van der Waals surface area contributed by atoms with E-state index in [-0.39, 0.29) is 5.91 Å². The van der Waals surface area contributed by atoms with Gasteiger partial charge in [-0.05, 0) is 88.2 Å². The number of allylic oxidation sites excluding steroid dienone is 1. The number of methoxy groups -OCH3 is 1. The highest BCUT2D eigenvalue weighted by molar-refractivity contribution is 5.87. The Morgan fingerprint density at radius 3 is 2.36 bits per heavy atom. The number of carbonyl (C=O) groups excluding carboxylic acids is 1. The van der Waals surface area contributed by atoms with Crippen molar-refractivity contribution in [1.82, 2.24) is 19.8 Å². The van der Waals surface area contributed by atoms with Crippen molar-refractivity contribution < 1.29 is 14.3 Å². The van der Waals surface area contributed by atoms with Crippen LogP contribution in [0.1, 0.15) is 95.5 Å². The molecule has 4 rings (SSSR count). The fourth-order valence-corrected chi connectivity index (χ4v) is 6.79. The molecule has 1 aromatic carbocycles. The lowest BCUT2D eigenvalue weighted by atomic mass is 9.89. The average Bonchev–Trinajstić information content (AvgIpc) is 3.08. The van der Waals surface area contributed by atoms with Gasteiger partial charge in [0.2, 0.25) is 5.91 Å². The number of ether oxygens (including phenoxy) is 2. The highest BCUT2D eigenvalue weighted by atomic mass is 16.5. The van der Waals surface area contributed by atoms with Gasteiger partial charge < -0.3 is 29.1 Å². The van der Waals surface area contributed by atoms with Crippen molar-refractivity contribution in [2.24, 2.45) is 0 Å². The van der Waals surface area contributed by atoms with Gasteiger partial charge in [0.1, 0.15) is 11.6 Å². The monoisotopic (exact) mass is 646 g/mol. The van der Waals surface area contributed by atoms with E-state index in [9.17, 15) is 4.79 Å². The van der Waals surface area contributed by atoms with Crippen LogP contribution in [0.2, 0.25) is 0 Å². The fourth-order valence-electron chi connectivity index (χ4n) is 6.79. The van der Waals surface area contributed by atoms with Crippen LogP contribution in [-0.4, -0.2) is 91.7 Å². The molecular weight excluding hydrogens is 588 g/mol. The molecule has 0 radical (unpaired) electrons. The Hall–Kier alpha value is -3.59. The first-order valence-corrected chi connectivity index (χ1v) is 17.8. The van der Waals surface area contributed by atoms with E-state index in [1.54, 1.807) is 7.11 Å². The van der Waals surface area contributed by atoms with E-state index in [1.807, 2.05) is 4.90 Å². The van der Waals surface area contributed by atoms with Crippen LogP contribution in [0.15, 0.2) is 30.4 Å². The standard InChI is InChI=1S/C38H58N6O3/c1-9-15-41(16-10-2)17-13-23-47-38-39-33-27-44(34-26-31(46-8)25-30(24-28(5)6)36(34)29(7)11-3)18-14-32(33)37(40-38)43-21-19-42(20-22-43)35(45)12-4/h12,24-26,29H,4,9-11,13-23,27H2,1-3,5-8H3. The minimum absolute atomic E-state index is 0.0166. The molecule has 47 heavy (non-hydrogen) atoms. The van der Waals surface area contributed by atoms with Crippen LogP contribution in [0.4, 0.5) is 11.5 Å².